The Bertz CT molecular complexity index is 1510. The first-order chi connectivity index (χ1) is 17.8. The molecule has 10 nitrogen and oxygen atoms in total. The van der Waals surface area contributed by atoms with Gasteiger partial charge in [-0.3, -0.25) is 9.69 Å². The molecule has 0 radical (unpaired) electrons. The van der Waals surface area contributed by atoms with E-state index in [1.54, 1.807) is 16.6 Å². The van der Waals surface area contributed by atoms with Crippen LogP contribution in [-0.2, 0) is 17.8 Å². The van der Waals surface area contributed by atoms with Crippen molar-refractivity contribution in [1.29, 1.82) is 5.26 Å². The number of hydrogen-bond donors (Lipinski definition) is 0. The van der Waals surface area contributed by atoms with Crippen LogP contribution in [0.1, 0.15) is 40.3 Å². The van der Waals surface area contributed by atoms with Gasteiger partial charge in [-0.1, -0.05) is 11.6 Å². The van der Waals surface area contributed by atoms with Crippen molar-refractivity contribution in [3.8, 4) is 11.9 Å². The Balaban J connectivity index is 1.19. The first kappa shape index (κ1) is 24.9. The van der Waals surface area contributed by atoms with E-state index in [1.807, 2.05) is 48.6 Å². The van der Waals surface area contributed by atoms with Crippen molar-refractivity contribution in [1.82, 2.24) is 39.4 Å². The van der Waals surface area contributed by atoms with Crippen LogP contribution >= 0.6 is 11.6 Å². The summed E-state index contributed by atoms with van der Waals surface area (Å²) in [5.41, 5.74) is 5.18. The molecule has 1 amide bonds. The van der Waals surface area contributed by atoms with Gasteiger partial charge in [0.15, 0.2) is 17.3 Å². The Morgan fingerprint density at radius 1 is 1.05 bits per heavy atom. The minimum absolute atomic E-state index is 0.148. The highest BCUT2D eigenvalue weighted by Gasteiger charge is 2.23. The summed E-state index contributed by atoms with van der Waals surface area (Å²) in [6.45, 7) is 9.39. The van der Waals surface area contributed by atoms with E-state index >= 15 is 0 Å². The summed E-state index contributed by atoms with van der Waals surface area (Å²) >= 11 is 6.33. The fourth-order valence-electron chi connectivity index (χ4n) is 4.81. The van der Waals surface area contributed by atoms with Crippen LogP contribution in [0.3, 0.4) is 0 Å². The Labute approximate surface area is 220 Å². The molecule has 0 spiro atoms. The second kappa shape index (κ2) is 10.3. The van der Waals surface area contributed by atoms with Gasteiger partial charge in [0, 0.05) is 49.9 Å². The van der Waals surface area contributed by atoms with Crippen LogP contribution in [0.5, 0.6) is 0 Å². The smallest absolute Gasteiger partial charge is 0.222 e. The fraction of sp³-hybridized carbons (Fsp3) is 0.385. The van der Waals surface area contributed by atoms with Crippen molar-refractivity contribution in [2.24, 2.45) is 0 Å². The van der Waals surface area contributed by atoms with E-state index in [1.165, 1.54) is 0 Å². The lowest BCUT2D eigenvalue weighted by Crippen LogP contribution is -2.48. The number of rotatable bonds is 6. The molecule has 1 saturated heterocycles. The van der Waals surface area contributed by atoms with Crippen LogP contribution in [-0.4, -0.2) is 71.5 Å². The predicted octanol–water partition coefficient (Wildman–Crippen LogP) is 3.04. The van der Waals surface area contributed by atoms with E-state index < -0.39 is 0 Å². The number of aryl methyl sites for hydroxylation is 2. The molecule has 1 fully saturated rings. The zero-order valence-electron chi connectivity index (χ0n) is 21.1. The van der Waals surface area contributed by atoms with Gasteiger partial charge in [-0.25, -0.2) is 4.68 Å². The van der Waals surface area contributed by atoms with Crippen LogP contribution in [0, 0.1) is 32.1 Å². The number of carbonyl (C=O) groups is 1. The molecule has 0 unspecified atom stereocenters. The fourth-order valence-corrected chi connectivity index (χ4v) is 4.99. The molecule has 1 aliphatic rings. The quantitative estimate of drug-likeness (QED) is 0.386. The molecule has 4 aromatic rings. The topological polar surface area (TPSA) is 108 Å². The SMILES string of the molecule is Cc1nn(-c2ccc3nnc(C)n3n2)c(C)c1CCC(=O)N1CCN(Cc2cc(C#N)ccc2Cl)CC1. The van der Waals surface area contributed by atoms with E-state index in [9.17, 15) is 4.79 Å². The first-order valence-corrected chi connectivity index (χ1v) is 12.6. The minimum atomic E-state index is 0.148. The van der Waals surface area contributed by atoms with E-state index in [0.29, 0.717) is 60.4 Å². The molecule has 1 aliphatic heterocycles. The maximum Gasteiger partial charge on any atom is 0.222 e. The molecule has 0 N–H and O–H groups in total. The molecule has 0 bridgehead atoms. The van der Waals surface area contributed by atoms with Crippen molar-refractivity contribution >= 4 is 23.2 Å². The van der Waals surface area contributed by atoms with Gasteiger partial charge in [0.2, 0.25) is 5.91 Å². The second-order valence-electron chi connectivity index (χ2n) is 9.34. The van der Waals surface area contributed by atoms with Gasteiger partial charge < -0.3 is 4.90 Å². The zero-order valence-corrected chi connectivity index (χ0v) is 21.9. The molecule has 1 aromatic carbocycles. The average Bonchev–Trinajstić information content (AvgIpc) is 3.42. The zero-order chi connectivity index (χ0) is 26.1. The second-order valence-corrected chi connectivity index (χ2v) is 9.75. The molecule has 3 aromatic heterocycles. The summed E-state index contributed by atoms with van der Waals surface area (Å²) in [5, 5.41) is 27.3. The number of nitrogens with zero attached hydrogens (tertiary/aromatic N) is 9. The summed E-state index contributed by atoms with van der Waals surface area (Å²) in [4.78, 5) is 17.2. The van der Waals surface area contributed by atoms with Gasteiger partial charge in [-0.15, -0.1) is 15.3 Å². The molecule has 0 saturated carbocycles. The van der Waals surface area contributed by atoms with Crippen LogP contribution in [0.4, 0.5) is 0 Å². The molecular weight excluding hydrogens is 490 g/mol. The third-order valence-corrected chi connectivity index (χ3v) is 7.31. The van der Waals surface area contributed by atoms with Gasteiger partial charge in [0.05, 0.1) is 17.3 Å². The lowest BCUT2D eigenvalue weighted by molar-refractivity contribution is -0.133. The summed E-state index contributed by atoms with van der Waals surface area (Å²) in [6, 6.07) is 11.2. The highest BCUT2D eigenvalue weighted by molar-refractivity contribution is 6.31. The molecule has 11 heteroatoms. The van der Waals surface area contributed by atoms with E-state index in [2.05, 4.69) is 26.3 Å². The van der Waals surface area contributed by atoms with Crippen LogP contribution in [0.25, 0.3) is 11.5 Å². The number of fused-ring (bicyclic) bond motifs is 1. The van der Waals surface area contributed by atoms with Crippen LogP contribution in [0.2, 0.25) is 5.02 Å². The monoisotopic (exact) mass is 517 g/mol. The van der Waals surface area contributed by atoms with Crippen molar-refractivity contribution in [2.75, 3.05) is 26.2 Å². The third-order valence-electron chi connectivity index (χ3n) is 6.95. The highest BCUT2D eigenvalue weighted by atomic mass is 35.5. The number of aromatic nitrogens is 6. The standard InChI is InChI=1S/C26H28ClN9O/c1-17-22(18(2)35(31-17)25-8-7-24-30-29-19(3)36(24)32-25)5-9-26(37)34-12-10-33(11-13-34)16-21-14-20(15-28)4-6-23(21)27/h4,6-8,14H,5,9-13,16H2,1-3H3. The van der Waals surface area contributed by atoms with Crippen LogP contribution in [0.15, 0.2) is 30.3 Å². The van der Waals surface area contributed by atoms with Crippen molar-refractivity contribution in [3.63, 3.8) is 0 Å². The lowest BCUT2D eigenvalue weighted by atomic mass is 10.1. The van der Waals surface area contributed by atoms with E-state index in [-0.39, 0.29) is 5.91 Å². The number of carbonyl (C=O) groups excluding carboxylic acids is 1. The highest BCUT2D eigenvalue weighted by Crippen LogP contribution is 2.22. The van der Waals surface area contributed by atoms with Gasteiger partial charge in [-0.2, -0.15) is 14.9 Å². The first-order valence-electron chi connectivity index (χ1n) is 12.3. The number of amides is 1. The van der Waals surface area contributed by atoms with E-state index in [0.717, 1.165) is 35.6 Å². The van der Waals surface area contributed by atoms with Gasteiger partial charge in [-0.05, 0) is 68.7 Å². The van der Waals surface area contributed by atoms with E-state index in [4.69, 9.17) is 22.0 Å². The molecule has 0 aliphatic carbocycles. The Kier molecular flexibility index (Phi) is 6.91. The summed E-state index contributed by atoms with van der Waals surface area (Å²) in [6.07, 6.45) is 1.06. The number of benzene rings is 1. The lowest BCUT2D eigenvalue weighted by Gasteiger charge is -2.35. The molecule has 5 rings (SSSR count). The largest absolute Gasteiger partial charge is 0.340 e. The van der Waals surface area contributed by atoms with Crippen LogP contribution < -0.4 is 0 Å². The predicted molar refractivity (Wildman–Crippen MR) is 138 cm³/mol. The average molecular weight is 518 g/mol. The van der Waals surface area contributed by atoms with Crippen molar-refractivity contribution in [2.45, 2.75) is 40.2 Å². The Morgan fingerprint density at radius 2 is 1.84 bits per heavy atom. The molecule has 0 atom stereocenters. The molecule has 4 heterocycles. The maximum absolute atomic E-state index is 13.0. The normalized spacial score (nSPS) is 14.3. The molecule has 37 heavy (non-hydrogen) atoms. The number of piperazine rings is 1. The van der Waals surface area contributed by atoms with Gasteiger partial charge >= 0.3 is 0 Å². The van der Waals surface area contributed by atoms with Gasteiger partial charge in [0.1, 0.15) is 0 Å². The summed E-state index contributed by atoms with van der Waals surface area (Å²) in [7, 11) is 0. The van der Waals surface area contributed by atoms with Crippen molar-refractivity contribution in [3.05, 3.63) is 69.3 Å². The molecular formula is C26H28ClN9O. The van der Waals surface area contributed by atoms with Crippen molar-refractivity contribution < 1.29 is 4.79 Å². The third kappa shape index (κ3) is 5.05. The number of halogens is 1. The summed E-state index contributed by atoms with van der Waals surface area (Å²) in [5.74, 6) is 1.54. The number of hydrogen-bond acceptors (Lipinski definition) is 7. The number of nitriles is 1. The Morgan fingerprint density at radius 3 is 2.59 bits per heavy atom. The van der Waals surface area contributed by atoms with Gasteiger partial charge in [0.25, 0.3) is 0 Å². The molecule has 190 valence electrons. The maximum atomic E-state index is 13.0. The Hall–Kier alpha value is -3.81. The minimum Gasteiger partial charge on any atom is -0.340 e. The summed E-state index contributed by atoms with van der Waals surface area (Å²) < 4.78 is 3.52.